The molecule has 1 unspecified atom stereocenters. The lowest BCUT2D eigenvalue weighted by molar-refractivity contribution is 0.246. The molecule has 3 heteroatoms. The maximum Gasteiger partial charge on any atom is 0.122 e. The molecule has 0 fully saturated rings. The third-order valence-electron chi connectivity index (χ3n) is 3.25. The zero-order chi connectivity index (χ0) is 13.7. The van der Waals surface area contributed by atoms with E-state index in [0.717, 1.165) is 23.4 Å². The highest BCUT2D eigenvalue weighted by molar-refractivity contribution is 5.45. The molecule has 1 aromatic carbocycles. The number of hydrogen-bond donors (Lipinski definition) is 2. The monoisotopic (exact) mass is 251 g/mol. The van der Waals surface area contributed by atoms with E-state index >= 15 is 0 Å². The quantitative estimate of drug-likeness (QED) is 0.817. The van der Waals surface area contributed by atoms with Crippen molar-refractivity contribution in [3.8, 4) is 5.75 Å². The molecule has 0 aromatic heterocycles. The third-order valence-corrected chi connectivity index (χ3v) is 3.25. The van der Waals surface area contributed by atoms with Crippen LogP contribution in [0.3, 0.4) is 0 Å². The van der Waals surface area contributed by atoms with Crippen molar-refractivity contribution in [3.05, 3.63) is 28.8 Å². The van der Waals surface area contributed by atoms with Crippen LogP contribution in [0.15, 0.2) is 12.1 Å². The van der Waals surface area contributed by atoms with Gasteiger partial charge < -0.3 is 15.2 Å². The Labute approximate surface area is 110 Å². The van der Waals surface area contributed by atoms with Crippen LogP contribution in [0, 0.1) is 6.92 Å². The summed E-state index contributed by atoms with van der Waals surface area (Å²) < 4.78 is 5.43. The zero-order valence-corrected chi connectivity index (χ0v) is 12.1. The number of aryl methyl sites for hydroxylation is 1. The number of aliphatic hydroxyl groups excluding tert-OH is 1. The SMILES string of the molecule is CCNC(CO)c1cc(C(C)C)c(OC)cc1C. The van der Waals surface area contributed by atoms with Crippen LogP contribution in [0.2, 0.25) is 0 Å². The van der Waals surface area contributed by atoms with Gasteiger partial charge in [0.15, 0.2) is 0 Å². The van der Waals surface area contributed by atoms with Crippen molar-refractivity contribution in [2.24, 2.45) is 0 Å². The maximum absolute atomic E-state index is 9.50. The molecule has 0 heterocycles. The van der Waals surface area contributed by atoms with E-state index in [0.29, 0.717) is 5.92 Å². The van der Waals surface area contributed by atoms with Crippen molar-refractivity contribution in [3.63, 3.8) is 0 Å². The minimum atomic E-state index is -0.00148. The van der Waals surface area contributed by atoms with Crippen LogP contribution in [0.25, 0.3) is 0 Å². The number of hydrogen-bond acceptors (Lipinski definition) is 3. The first-order valence-electron chi connectivity index (χ1n) is 6.57. The molecule has 0 aliphatic heterocycles. The molecule has 0 radical (unpaired) electrons. The van der Waals surface area contributed by atoms with Gasteiger partial charge in [0.2, 0.25) is 0 Å². The van der Waals surface area contributed by atoms with Gasteiger partial charge in [0.05, 0.1) is 19.8 Å². The van der Waals surface area contributed by atoms with Gasteiger partial charge in [0.25, 0.3) is 0 Å². The Morgan fingerprint density at radius 1 is 1.28 bits per heavy atom. The molecular weight excluding hydrogens is 226 g/mol. The summed E-state index contributed by atoms with van der Waals surface area (Å²) >= 11 is 0. The molecule has 102 valence electrons. The number of nitrogens with one attached hydrogen (secondary N) is 1. The standard InChI is InChI=1S/C15H25NO2/c1-6-16-14(9-17)13-8-12(10(2)3)15(18-5)7-11(13)4/h7-8,10,14,16-17H,6,9H2,1-5H3. The van der Waals surface area contributed by atoms with Crippen LogP contribution in [-0.2, 0) is 0 Å². The maximum atomic E-state index is 9.50. The number of benzene rings is 1. The van der Waals surface area contributed by atoms with Crippen LogP contribution >= 0.6 is 0 Å². The molecule has 3 nitrogen and oxygen atoms in total. The van der Waals surface area contributed by atoms with Crippen molar-refractivity contribution in [1.82, 2.24) is 5.32 Å². The summed E-state index contributed by atoms with van der Waals surface area (Å²) in [5.41, 5.74) is 3.49. The lowest BCUT2D eigenvalue weighted by Gasteiger charge is -2.21. The van der Waals surface area contributed by atoms with Crippen molar-refractivity contribution < 1.29 is 9.84 Å². The minimum Gasteiger partial charge on any atom is -0.496 e. The van der Waals surface area contributed by atoms with Crippen molar-refractivity contribution in [2.75, 3.05) is 20.3 Å². The molecule has 1 aromatic rings. The average molecular weight is 251 g/mol. The first-order valence-corrected chi connectivity index (χ1v) is 6.57. The van der Waals surface area contributed by atoms with Crippen LogP contribution in [0.5, 0.6) is 5.75 Å². The topological polar surface area (TPSA) is 41.5 Å². The molecule has 2 N–H and O–H groups in total. The lowest BCUT2D eigenvalue weighted by Crippen LogP contribution is -2.25. The predicted molar refractivity (Wildman–Crippen MR) is 75.3 cm³/mol. The summed E-state index contributed by atoms with van der Waals surface area (Å²) in [4.78, 5) is 0. The van der Waals surface area contributed by atoms with Crippen LogP contribution in [-0.4, -0.2) is 25.4 Å². The van der Waals surface area contributed by atoms with E-state index in [-0.39, 0.29) is 12.6 Å². The number of aliphatic hydroxyl groups is 1. The second kappa shape index (κ2) is 6.76. The Hall–Kier alpha value is -1.06. The third kappa shape index (κ3) is 3.24. The van der Waals surface area contributed by atoms with E-state index in [1.54, 1.807) is 7.11 Å². The molecule has 1 rings (SSSR count). The van der Waals surface area contributed by atoms with Gasteiger partial charge >= 0.3 is 0 Å². The highest BCUT2D eigenvalue weighted by atomic mass is 16.5. The fourth-order valence-electron chi connectivity index (χ4n) is 2.24. The van der Waals surface area contributed by atoms with E-state index in [1.807, 2.05) is 6.92 Å². The summed E-state index contributed by atoms with van der Waals surface area (Å²) in [6.45, 7) is 9.36. The van der Waals surface area contributed by atoms with Gasteiger partial charge in [0.1, 0.15) is 5.75 Å². The molecule has 1 atom stereocenters. The van der Waals surface area contributed by atoms with E-state index in [2.05, 4.69) is 38.2 Å². The Balaban J connectivity index is 3.23. The van der Waals surface area contributed by atoms with Gasteiger partial charge in [0, 0.05) is 0 Å². The van der Waals surface area contributed by atoms with E-state index in [1.165, 1.54) is 5.56 Å². The summed E-state index contributed by atoms with van der Waals surface area (Å²) in [7, 11) is 1.70. The number of ether oxygens (including phenoxy) is 1. The first-order chi connectivity index (χ1) is 8.54. The van der Waals surface area contributed by atoms with Gasteiger partial charge in [-0.2, -0.15) is 0 Å². The van der Waals surface area contributed by atoms with Crippen LogP contribution in [0.1, 0.15) is 49.4 Å². The zero-order valence-electron chi connectivity index (χ0n) is 12.1. The highest BCUT2D eigenvalue weighted by Gasteiger charge is 2.16. The molecule has 0 spiro atoms. The Morgan fingerprint density at radius 2 is 1.94 bits per heavy atom. The van der Waals surface area contributed by atoms with Gasteiger partial charge in [-0.05, 0) is 48.2 Å². The van der Waals surface area contributed by atoms with E-state index < -0.39 is 0 Å². The second-order valence-corrected chi connectivity index (χ2v) is 4.90. The fraction of sp³-hybridized carbons (Fsp3) is 0.600. The van der Waals surface area contributed by atoms with Gasteiger partial charge in [-0.15, -0.1) is 0 Å². The van der Waals surface area contributed by atoms with Crippen molar-refractivity contribution in [1.29, 1.82) is 0 Å². The van der Waals surface area contributed by atoms with E-state index in [9.17, 15) is 5.11 Å². The Morgan fingerprint density at radius 3 is 2.39 bits per heavy atom. The Kier molecular flexibility index (Phi) is 5.63. The normalized spacial score (nSPS) is 12.8. The largest absolute Gasteiger partial charge is 0.496 e. The van der Waals surface area contributed by atoms with Gasteiger partial charge in [-0.3, -0.25) is 0 Å². The van der Waals surface area contributed by atoms with Gasteiger partial charge in [-0.1, -0.05) is 20.8 Å². The average Bonchev–Trinajstić information content (AvgIpc) is 2.35. The molecule has 0 aliphatic rings. The molecule has 0 bridgehead atoms. The molecule has 0 amide bonds. The second-order valence-electron chi connectivity index (χ2n) is 4.90. The predicted octanol–water partition coefficient (Wildman–Crippen LogP) is 2.77. The highest BCUT2D eigenvalue weighted by Crippen LogP contribution is 2.31. The molecule has 0 saturated heterocycles. The molecule has 18 heavy (non-hydrogen) atoms. The van der Waals surface area contributed by atoms with Gasteiger partial charge in [-0.25, -0.2) is 0 Å². The Bertz CT molecular complexity index is 388. The molecule has 0 saturated carbocycles. The summed E-state index contributed by atoms with van der Waals surface area (Å²) in [6.07, 6.45) is 0. The van der Waals surface area contributed by atoms with Crippen LogP contribution < -0.4 is 10.1 Å². The first kappa shape index (κ1) is 15.0. The smallest absolute Gasteiger partial charge is 0.122 e. The summed E-state index contributed by atoms with van der Waals surface area (Å²) in [6, 6.07) is 4.21. The van der Waals surface area contributed by atoms with E-state index in [4.69, 9.17) is 4.74 Å². The van der Waals surface area contributed by atoms with Crippen LogP contribution in [0.4, 0.5) is 0 Å². The number of rotatable bonds is 6. The van der Waals surface area contributed by atoms with Crippen molar-refractivity contribution in [2.45, 2.75) is 39.7 Å². The number of likely N-dealkylation sites (N-methyl/N-ethyl adjacent to an activating group) is 1. The lowest BCUT2D eigenvalue weighted by atomic mass is 9.93. The minimum absolute atomic E-state index is 0.00148. The van der Waals surface area contributed by atoms with Crippen molar-refractivity contribution >= 4 is 0 Å². The molecular formula is C15H25NO2. The number of methoxy groups -OCH3 is 1. The fourth-order valence-corrected chi connectivity index (χ4v) is 2.24. The summed E-state index contributed by atoms with van der Waals surface area (Å²) in [5.74, 6) is 1.33. The molecule has 0 aliphatic carbocycles. The summed E-state index contributed by atoms with van der Waals surface area (Å²) in [5, 5.41) is 12.8.